The summed E-state index contributed by atoms with van der Waals surface area (Å²) in [4.78, 5) is 11.7. The van der Waals surface area contributed by atoms with Gasteiger partial charge in [0.2, 0.25) is 0 Å². The zero-order valence-corrected chi connectivity index (χ0v) is 12.9. The zero-order chi connectivity index (χ0) is 15.2. The molecule has 2 N–H and O–H groups in total. The molecule has 0 unspecified atom stereocenters. The van der Waals surface area contributed by atoms with Crippen LogP contribution >= 0.6 is 15.9 Å². The first kappa shape index (κ1) is 15.5. The van der Waals surface area contributed by atoms with Gasteiger partial charge in [-0.2, -0.15) is 0 Å². The molecule has 2 aromatic carbocycles. The molecule has 2 rings (SSSR count). The van der Waals surface area contributed by atoms with Gasteiger partial charge in [-0.05, 0) is 36.2 Å². The zero-order valence-electron chi connectivity index (χ0n) is 11.3. The highest BCUT2D eigenvalue weighted by Crippen LogP contribution is 2.19. The minimum atomic E-state index is -0.333. The van der Waals surface area contributed by atoms with Gasteiger partial charge in [-0.1, -0.05) is 34.1 Å². The number of carbonyl (C=O) groups excluding carboxylic acids is 1. The van der Waals surface area contributed by atoms with Gasteiger partial charge in [0, 0.05) is 22.1 Å². The SMILES string of the molecule is Nc1ccc(CCC(=O)OCc2ccc(F)cc2Br)cc1. The van der Waals surface area contributed by atoms with Crippen molar-refractivity contribution in [2.75, 3.05) is 5.73 Å². The van der Waals surface area contributed by atoms with Crippen molar-refractivity contribution >= 4 is 27.6 Å². The van der Waals surface area contributed by atoms with E-state index in [1.807, 2.05) is 12.1 Å². The lowest BCUT2D eigenvalue weighted by Gasteiger charge is -2.07. The highest BCUT2D eigenvalue weighted by atomic mass is 79.9. The first-order valence-electron chi connectivity index (χ1n) is 6.48. The topological polar surface area (TPSA) is 52.3 Å². The van der Waals surface area contributed by atoms with E-state index in [-0.39, 0.29) is 18.4 Å². The number of carbonyl (C=O) groups is 1. The van der Waals surface area contributed by atoms with Crippen molar-refractivity contribution in [2.45, 2.75) is 19.4 Å². The molecule has 0 aliphatic rings. The van der Waals surface area contributed by atoms with E-state index >= 15 is 0 Å². The van der Waals surface area contributed by atoms with E-state index < -0.39 is 0 Å². The fourth-order valence-electron chi connectivity index (χ4n) is 1.80. The van der Waals surface area contributed by atoms with Crippen LogP contribution < -0.4 is 5.73 Å². The van der Waals surface area contributed by atoms with E-state index in [1.165, 1.54) is 12.1 Å². The maximum atomic E-state index is 12.9. The van der Waals surface area contributed by atoms with Gasteiger partial charge in [-0.15, -0.1) is 0 Å². The van der Waals surface area contributed by atoms with Gasteiger partial charge < -0.3 is 10.5 Å². The number of benzene rings is 2. The monoisotopic (exact) mass is 351 g/mol. The van der Waals surface area contributed by atoms with E-state index in [0.29, 0.717) is 23.0 Å². The van der Waals surface area contributed by atoms with Gasteiger partial charge in [0.1, 0.15) is 12.4 Å². The van der Waals surface area contributed by atoms with Crippen molar-refractivity contribution in [1.29, 1.82) is 0 Å². The number of aryl methyl sites for hydroxylation is 1. The minimum Gasteiger partial charge on any atom is -0.461 e. The van der Waals surface area contributed by atoms with E-state index in [0.717, 1.165) is 11.1 Å². The van der Waals surface area contributed by atoms with Crippen LogP contribution in [0.4, 0.5) is 10.1 Å². The van der Waals surface area contributed by atoms with E-state index in [1.54, 1.807) is 18.2 Å². The summed E-state index contributed by atoms with van der Waals surface area (Å²) in [6.07, 6.45) is 0.895. The number of rotatable bonds is 5. The largest absolute Gasteiger partial charge is 0.461 e. The molecular formula is C16H15BrFNO2. The second kappa shape index (κ2) is 7.22. The van der Waals surface area contributed by atoms with E-state index in [9.17, 15) is 9.18 Å². The molecule has 0 bridgehead atoms. The Bertz CT molecular complexity index is 629. The van der Waals surface area contributed by atoms with Gasteiger partial charge in [-0.3, -0.25) is 4.79 Å². The number of esters is 1. The van der Waals surface area contributed by atoms with Gasteiger partial charge in [-0.25, -0.2) is 4.39 Å². The molecule has 3 nitrogen and oxygen atoms in total. The average Bonchev–Trinajstić information content (AvgIpc) is 2.46. The van der Waals surface area contributed by atoms with Crippen molar-refractivity contribution in [1.82, 2.24) is 0 Å². The Morgan fingerprint density at radius 2 is 1.90 bits per heavy atom. The van der Waals surface area contributed by atoms with Crippen LogP contribution in [0.2, 0.25) is 0 Å². The number of hydrogen-bond acceptors (Lipinski definition) is 3. The maximum absolute atomic E-state index is 12.9. The van der Waals surface area contributed by atoms with Crippen molar-refractivity contribution in [3.8, 4) is 0 Å². The average molecular weight is 352 g/mol. The van der Waals surface area contributed by atoms with Gasteiger partial charge in [0.15, 0.2) is 0 Å². The predicted molar refractivity (Wildman–Crippen MR) is 83.1 cm³/mol. The standard InChI is InChI=1S/C16H15BrFNO2/c17-15-9-13(18)5-4-12(15)10-21-16(20)8-3-11-1-6-14(19)7-2-11/h1-2,4-7,9H,3,8,10,19H2. The lowest BCUT2D eigenvalue weighted by atomic mass is 10.1. The Balaban J connectivity index is 1.80. The molecule has 2 aromatic rings. The lowest BCUT2D eigenvalue weighted by Crippen LogP contribution is -2.06. The van der Waals surface area contributed by atoms with Crippen molar-refractivity contribution < 1.29 is 13.9 Å². The van der Waals surface area contributed by atoms with Crippen LogP contribution in [0.25, 0.3) is 0 Å². The summed E-state index contributed by atoms with van der Waals surface area (Å²) >= 11 is 3.24. The Morgan fingerprint density at radius 1 is 1.19 bits per heavy atom. The molecule has 5 heteroatoms. The third-order valence-corrected chi connectivity index (χ3v) is 3.74. The molecule has 0 heterocycles. The molecule has 0 aliphatic carbocycles. The quantitative estimate of drug-likeness (QED) is 0.657. The fraction of sp³-hybridized carbons (Fsp3) is 0.188. The summed E-state index contributed by atoms with van der Waals surface area (Å²) in [7, 11) is 0. The Kier molecular flexibility index (Phi) is 5.33. The van der Waals surface area contributed by atoms with Gasteiger partial charge in [0.25, 0.3) is 0 Å². The second-order valence-electron chi connectivity index (χ2n) is 4.64. The molecule has 0 saturated carbocycles. The van der Waals surface area contributed by atoms with Crippen LogP contribution in [0.3, 0.4) is 0 Å². The van der Waals surface area contributed by atoms with Crippen LogP contribution in [0.1, 0.15) is 17.5 Å². The third-order valence-electron chi connectivity index (χ3n) is 3.00. The minimum absolute atomic E-state index is 0.126. The third kappa shape index (κ3) is 4.86. The molecule has 110 valence electrons. The summed E-state index contributed by atoms with van der Waals surface area (Å²) < 4.78 is 18.7. The fourth-order valence-corrected chi connectivity index (χ4v) is 2.27. The van der Waals surface area contributed by atoms with Crippen molar-refractivity contribution in [2.24, 2.45) is 0 Å². The Labute approximate surface area is 131 Å². The summed E-state index contributed by atoms with van der Waals surface area (Å²) in [5, 5.41) is 0. The summed E-state index contributed by atoms with van der Waals surface area (Å²) in [5.41, 5.74) is 8.06. The first-order chi connectivity index (χ1) is 10.0. The Hall–Kier alpha value is -1.88. The molecule has 0 aromatic heterocycles. The van der Waals surface area contributed by atoms with Gasteiger partial charge in [0.05, 0.1) is 0 Å². The van der Waals surface area contributed by atoms with Gasteiger partial charge >= 0.3 is 5.97 Å². The summed E-state index contributed by atoms with van der Waals surface area (Å²) in [6.45, 7) is 0.126. The number of halogens is 2. The number of nitrogens with two attached hydrogens (primary N) is 1. The van der Waals surface area contributed by atoms with E-state index in [2.05, 4.69) is 15.9 Å². The van der Waals surface area contributed by atoms with Crippen LogP contribution in [-0.4, -0.2) is 5.97 Å². The van der Waals surface area contributed by atoms with Crippen LogP contribution in [-0.2, 0) is 22.6 Å². The molecule has 0 fully saturated rings. The van der Waals surface area contributed by atoms with Crippen LogP contribution in [0.15, 0.2) is 46.9 Å². The summed E-state index contributed by atoms with van der Waals surface area (Å²) in [5.74, 6) is -0.622. The van der Waals surface area contributed by atoms with Crippen molar-refractivity contribution in [3.63, 3.8) is 0 Å². The molecule has 21 heavy (non-hydrogen) atoms. The molecule has 0 saturated heterocycles. The number of hydrogen-bond donors (Lipinski definition) is 1. The van der Waals surface area contributed by atoms with Crippen LogP contribution in [0.5, 0.6) is 0 Å². The first-order valence-corrected chi connectivity index (χ1v) is 7.28. The predicted octanol–water partition coefficient (Wildman–Crippen LogP) is 3.85. The Morgan fingerprint density at radius 3 is 2.57 bits per heavy atom. The highest BCUT2D eigenvalue weighted by molar-refractivity contribution is 9.10. The normalized spacial score (nSPS) is 10.4. The molecule has 0 radical (unpaired) electrons. The molecule has 0 aliphatic heterocycles. The van der Waals surface area contributed by atoms with Crippen molar-refractivity contribution in [3.05, 3.63) is 63.9 Å². The molecular weight excluding hydrogens is 337 g/mol. The smallest absolute Gasteiger partial charge is 0.306 e. The number of nitrogen functional groups attached to an aromatic ring is 1. The maximum Gasteiger partial charge on any atom is 0.306 e. The molecule has 0 atom stereocenters. The number of anilines is 1. The van der Waals surface area contributed by atoms with Crippen LogP contribution in [0, 0.1) is 5.82 Å². The summed E-state index contributed by atoms with van der Waals surface area (Å²) in [6, 6.07) is 11.7. The number of ether oxygens (including phenoxy) is 1. The molecule has 0 spiro atoms. The lowest BCUT2D eigenvalue weighted by molar-refractivity contribution is -0.144. The second-order valence-corrected chi connectivity index (χ2v) is 5.49. The highest BCUT2D eigenvalue weighted by Gasteiger charge is 2.07. The molecule has 0 amide bonds. The van der Waals surface area contributed by atoms with E-state index in [4.69, 9.17) is 10.5 Å².